The minimum Gasteiger partial charge on any atom is -0.221 e. The normalized spacial score (nSPS) is 9.07. The van der Waals surface area contributed by atoms with Crippen molar-refractivity contribution in [1.29, 1.82) is 0 Å². The van der Waals surface area contributed by atoms with Crippen LogP contribution in [0.2, 0.25) is 0 Å². The summed E-state index contributed by atoms with van der Waals surface area (Å²) < 4.78 is 1.74. The fourth-order valence-corrected chi connectivity index (χ4v) is 1.12. The Hall–Kier alpha value is -1.64. The molecule has 0 radical (unpaired) electrons. The summed E-state index contributed by atoms with van der Waals surface area (Å²) in [5.41, 5.74) is 2.27. The SMILES string of the molecule is CC.Cc1cccc(-n2ccnn2)c1. The lowest BCUT2D eigenvalue weighted by Crippen LogP contribution is -1.94. The van der Waals surface area contributed by atoms with E-state index in [1.807, 2.05) is 32.2 Å². The molecule has 0 aliphatic rings. The Bertz CT molecular complexity index is 366. The summed E-state index contributed by atoms with van der Waals surface area (Å²) in [5.74, 6) is 0. The summed E-state index contributed by atoms with van der Waals surface area (Å²) in [6, 6.07) is 8.13. The average Bonchev–Trinajstić information content (AvgIpc) is 2.74. The monoisotopic (exact) mass is 189 g/mol. The molecular formula is C11H15N3. The number of nitrogens with zero attached hydrogens (tertiary/aromatic N) is 3. The Morgan fingerprint density at radius 3 is 2.57 bits per heavy atom. The Labute approximate surface area is 84.4 Å². The zero-order valence-corrected chi connectivity index (χ0v) is 8.81. The van der Waals surface area contributed by atoms with Gasteiger partial charge in [-0.25, -0.2) is 4.68 Å². The van der Waals surface area contributed by atoms with Crippen LogP contribution in [0.3, 0.4) is 0 Å². The van der Waals surface area contributed by atoms with Crippen LogP contribution in [0.25, 0.3) is 5.69 Å². The van der Waals surface area contributed by atoms with Gasteiger partial charge in [0.05, 0.1) is 18.1 Å². The number of hydrogen-bond donors (Lipinski definition) is 0. The number of aryl methyl sites for hydroxylation is 1. The molecular weight excluding hydrogens is 174 g/mol. The van der Waals surface area contributed by atoms with E-state index in [4.69, 9.17) is 0 Å². The first kappa shape index (κ1) is 10.4. The van der Waals surface area contributed by atoms with E-state index in [2.05, 4.69) is 29.4 Å². The fourth-order valence-electron chi connectivity index (χ4n) is 1.12. The lowest BCUT2D eigenvalue weighted by molar-refractivity contribution is 0.802. The maximum atomic E-state index is 3.89. The van der Waals surface area contributed by atoms with Gasteiger partial charge in [-0.05, 0) is 24.6 Å². The molecule has 1 heterocycles. The van der Waals surface area contributed by atoms with Crippen molar-refractivity contribution in [2.75, 3.05) is 0 Å². The van der Waals surface area contributed by atoms with Crippen molar-refractivity contribution < 1.29 is 0 Å². The Morgan fingerprint density at radius 2 is 2.00 bits per heavy atom. The molecule has 0 saturated carbocycles. The van der Waals surface area contributed by atoms with E-state index in [9.17, 15) is 0 Å². The summed E-state index contributed by atoms with van der Waals surface area (Å²) in [7, 11) is 0. The van der Waals surface area contributed by atoms with E-state index >= 15 is 0 Å². The van der Waals surface area contributed by atoms with Crippen molar-refractivity contribution in [3.05, 3.63) is 42.2 Å². The van der Waals surface area contributed by atoms with E-state index < -0.39 is 0 Å². The van der Waals surface area contributed by atoms with Gasteiger partial charge >= 0.3 is 0 Å². The summed E-state index contributed by atoms with van der Waals surface area (Å²) in [4.78, 5) is 0. The lowest BCUT2D eigenvalue weighted by Gasteiger charge is -1.99. The predicted molar refractivity (Wildman–Crippen MR) is 57.4 cm³/mol. The van der Waals surface area contributed by atoms with Crippen molar-refractivity contribution in [2.24, 2.45) is 0 Å². The second kappa shape index (κ2) is 5.17. The van der Waals surface area contributed by atoms with Crippen LogP contribution < -0.4 is 0 Å². The smallest absolute Gasteiger partial charge is 0.0697 e. The van der Waals surface area contributed by atoms with Crippen LogP contribution in [-0.4, -0.2) is 15.0 Å². The van der Waals surface area contributed by atoms with E-state index in [1.165, 1.54) is 5.56 Å². The highest BCUT2D eigenvalue weighted by Gasteiger charge is 1.94. The maximum absolute atomic E-state index is 3.89. The maximum Gasteiger partial charge on any atom is 0.0697 e. The van der Waals surface area contributed by atoms with Gasteiger partial charge in [-0.2, -0.15) is 0 Å². The molecule has 1 aromatic carbocycles. The van der Waals surface area contributed by atoms with Gasteiger partial charge in [0, 0.05) is 0 Å². The molecule has 2 aromatic rings. The molecule has 0 aliphatic carbocycles. The van der Waals surface area contributed by atoms with Gasteiger partial charge in [0.2, 0.25) is 0 Å². The first-order valence-electron chi connectivity index (χ1n) is 4.79. The third-order valence-corrected chi connectivity index (χ3v) is 1.69. The third-order valence-electron chi connectivity index (χ3n) is 1.69. The van der Waals surface area contributed by atoms with Crippen LogP contribution in [0.15, 0.2) is 36.7 Å². The first-order valence-corrected chi connectivity index (χ1v) is 4.79. The van der Waals surface area contributed by atoms with Crippen LogP contribution in [0, 0.1) is 6.92 Å². The molecule has 3 nitrogen and oxygen atoms in total. The second-order valence-corrected chi connectivity index (χ2v) is 2.69. The van der Waals surface area contributed by atoms with Crippen LogP contribution in [0.5, 0.6) is 0 Å². The van der Waals surface area contributed by atoms with Crippen molar-refractivity contribution in [1.82, 2.24) is 15.0 Å². The van der Waals surface area contributed by atoms with Crippen LogP contribution in [0.4, 0.5) is 0 Å². The second-order valence-electron chi connectivity index (χ2n) is 2.69. The molecule has 0 N–H and O–H groups in total. The molecule has 0 spiro atoms. The number of benzene rings is 1. The molecule has 0 atom stereocenters. The van der Waals surface area contributed by atoms with Gasteiger partial charge in [0.15, 0.2) is 0 Å². The van der Waals surface area contributed by atoms with Gasteiger partial charge in [0.1, 0.15) is 0 Å². The molecule has 3 heteroatoms. The molecule has 14 heavy (non-hydrogen) atoms. The quantitative estimate of drug-likeness (QED) is 0.690. The van der Waals surface area contributed by atoms with Gasteiger partial charge < -0.3 is 0 Å². The molecule has 0 fully saturated rings. The minimum absolute atomic E-state index is 1.05. The topological polar surface area (TPSA) is 30.7 Å². The van der Waals surface area contributed by atoms with Gasteiger partial charge in [-0.1, -0.05) is 31.2 Å². The largest absolute Gasteiger partial charge is 0.221 e. The molecule has 1 aromatic heterocycles. The molecule has 0 aliphatic heterocycles. The van der Waals surface area contributed by atoms with Crippen molar-refractivity contribution >= 4 is 0 Å². The number of aromatic nitrogens is 3. The Balaban J connectivity index is 0.000000461. The highest BCUT2D eigenvalue weighted by atomic mass is 15.4. The highest BCUT2D eigenvalue weighted by Crippen LogP contribution is 2.07. The van der Waals surface area contributed by atoms with Gasteiger partial charge in [-0.3, -0.25) is 0 Å². The molecule has 74 valence electrons. The standard InChI is InChI=1S/C9H9N3.C2H6/c1-8-3-2-4-9(7-8)12-6-5-10-11-12;1-2/h2-7H,1H3;1-2H3. The zero-order valence-electron chi connectivity index (χ0n) is 8.81. The van der Waals surface area contributed by atoms with Gasteiger partial charge in [-0.15, -0.1) is 5.10 Å². The molecule has 0 amide bonds. The first-order chi connectivity index (χ1) is 6.86. The average molecular weight is 189 g/mol. The zero-order chi connectivity index (χ0) is 10.4. The van der Waals surface area contributed by atoms with Gasteiger partial charge in [0.25, 0.3) is 0 Å². The molecule has 0 bridgehead atoms. The van der Waals surface area contributed by atoms with Crippen molar-refractivity contribution in [3.8, 4) is 5.69 Å². The minimum atomic E-state index is 1.05. The third kappa shape index (κ3) is 2.42. The molecule has 0 saturated heterocycles. The number of rotatable bonds is 1. The summed E-state index contributed by atoms with van der Waals surface area (Å²) in [5, 5.41) is 7.64. The van der Waals surface area contributed by atoms with Crippen LogP contribution in [-0.2, 0) is 0 Å². The van der Waals surface area contributed by atoms with Crippen molar-refractivity contribution in [3.63, 3.8) is 0 Å². The van der Waals surface area contributed by atoms with E-state index in [-0.39, 0.29) is 0 Å². The Morgan fingerprint density at radius 1 is 1.21 bits per heavy atom. The van der Waals surface area contributed by atoms with E-state index in [0.29, 0.717) is 0 Å². The van der Waals surface area contributed by atoms with E-state index in [0.717, 1.165) is 5.69 Å². The molecule has 0 unspecified atom stereocenters. The lowest BCUT2D eigenvalue weighted by atomic mass is 10.2. The van der Waals surface area contributed by atoms with E-state index in [1.54, 1.807) is 10.9 Å². The summed E-state index contributed by atoms with van der Waals surface area (Å²) >= 11 is 0. The fraction of sp³-hybridized carbons (Fsp3) is 0.273. The van der Waals surface area contributed by atoms with Crippen molar-refractivity contribution in [2.45, 2.75) is 20.8 Å². The van der Waals surface area contributed by atoms with Crippen LogP contribution >= 0.6 is 0 Å². The summed E-state index contributed by atoms with van der Waals surface area (Å²) in [6.07, 6.45) is 3.50. The van der Waals surface area contributed by atoms with Crippen LogP contribution in [0.1, 0.15) is 19.4 Å². The summed E-state index contributed by atoms with van der Waals surface area (Å²) in [6.45, 7) is 6.06. The number of hydrogen-bond acceptors (Lipinski definition) is 2. The molecule has 2 rings (SSSR count). The highest BCUT2D eigenvalue weighted by molar-refractivity contribution is 5.33. The Kier molecular flexibility index (Phi) is 3.85. The predicted octanol–water partition coefficient (Wildman–Crippen LogP) is 2.60.